The molecule has 3 N–H and O–H groups in total. The minimum Gasteiger partial charge on any atom is -0.508 e. The SMILES string of the molecule is Cc1cc(OCC[n+]2ccc(N)cc2)cc(OS(=O)(=O)c2ccc(O)cc2)c1. The molecule has 3 aromatic rings. The van der Waals surface area contributed by atoms with E-state index in [1.54, 1.807) is 24.3 Å². The summed E-state index contributed by atoms with van der Waals surface area (Å²) in [6.07, 6.45) is 3.71. The molecule has 8 heteroatoms. The van der Waals surface area contributed by atoms with E-state index in [1.165, 1.54) is 30.3 Å². The van der Waals surface area contributed by atoms with E-state index in [0.717, 1.165) is 5.56 Å². The first-order valence-corrected chi connectivity index (χ1v) is 9.95. The molecule has 0 bridgehead atoms. The van der Waals surface area contributed by atoms with Gasteiger partial charge in [0.25, 0.3) is 0 Å². The Morgan fingerprint density at radius 2 is 1.64 bits per heavy atom. The molecule has 3 rings (SSSR count). The summed E-state index contributed by atoms with van der Waals surface area (Å²) in [6.45, 7) is 2.82. The van der Waals surface area contributed by atoms with Crippen molar-refractivity contribution in [2.45, 2.75) is 18.4 Å². The first-order valence-electron chi connectivity index (χ1n) is 8.54. The first kappa shape index (κ1) is 19.5. The molecule has 2 aromatic carbocycles. The number of rotatable bonds is 7. The molecule has 0 amide bonds. The van der Waals surface area contributed by atoms with Crippen LogP contribution in [0.1, 0.15) is 5.56 Å². The summed E-state index contributed by atoms with van der Waals surface area (Å²) in [4.78, 5) is -0.0472. The minimum absolute atomic E-state index is 0.0239. The van der Waals surface area contributed by atoms with Gasteiger partial charge in [0.15, 0.2) is 18.9 Å². The fraction of sp³-hybridized carbons (Fsp3) is 0.150. The second kappa shape index (κ2) is 8.18. The summed E-state index contributed by atoms with van der Waals surface area (Å²) < 4.78 is 37.7. The number of nitrogen functional groups attached to an aromatic ring is 1. The van der Waals surface area contributed by atoms with Crippen molar-refractivity contribution in [2.24, 2.45) is 0 Å². The molecule has 0 aliphatic carbocycles. The van der Waals surface area contributed by atoms with Crippen LogP contribution in [0.5, 0.6) is 17.2 Å². The Morgan fingerprint density at radius 3 is 2.32 bits per heavy atom. The van der Waals surface area contributed by atoms with E-state index in [2.05, 4.69) is 0 Å². The van der Waals surface area contributed by atoms with Gasteiger partial charge in [-0.1, -0.05) is 0 Å². The van der Waals surface area contributed by atoms with E-state index in [0.29, 0.717) is 24.6 Å². The lowest BCUT2D eigenvalue weighted by Crippen LogP contribution is -2.35. The number of phenols is 1. The number of aryl methyl sites for hydroxylation is 1. The Bertz CT molecular complexity index is 1050. The number of nitrogens with zero attached hydrogens (tertiary/aromatic N) is 1. The molecule has 0 spiro atoms. The van der Waals surface area contributed by atoms with Crippen LogP contribution in [0.15, 0.2) is 71.9 Å². The fourth-order valence-corrected chi connectivity index (χ4v) is 3.44. The Kier molecular flexibility index (Phi) is 5.70. The number of nitrogens with two attached hydrogens (primary N) is 1. The van der Waals surface area contributed by atoms with Crippen LogP contribution < -0.4 is 19.2 Å². The smallest absolute Gasteiger partial charge is 0.339 e. The number of aromatic nitrogens is 1. The highest BCUT2D eigenvalue weighted by atomic mass is 32.2. The maximum Gasteiger partial charge on any atom is 0.339 e. The van der Waals surface area contributed by atoms with E-state index in [-0.39, 0.29) is 16.4 Å². The van der Waals surface area contributed by atoms with Gasteiger partial charge in [-0.15, -0.1) is 0 Å². The molecule has 0 aliphatic rings. The summed E-state index contributed by atoms with van der Waals surface area (Å²) in [5.74, 6) is 0.638. The molecule has 146 valence electrons. The Labute approximate surface area is 163 Å². The zero-order chi connectivity index (χ0) is 20.1. The highest BCUT2D eigenvalue weighted by Crippen LogP contribution is 2.26. The summed E-state index contributed by atoms with van der Waals surface area (Å²) in [5.41, 5.74) is 7.15. The lowest BCUT2D eigenvalue weighted by Gasteiger charge is -2.11. The van der Waals surface area contributed by atoms with Gasteiger partial charge in [-0.3, -0.25) is 0 Å². The van der Waals surface area contributed by atoms with Crippen LogP contribution in [0.2, 0.25) is 0 Å². The number of phenolic OH excluding ortho intramolecular Hbond substituents is 1. The predicted molar refractivity (Wildman–Crippen MR) is 104 cm³/mol. The third kappa shape index (κ3) is 5.14. The van der Waals surface area contributed by atoms with E-state index in [1.807, 2.05) is 23.9 Å². The molecular formula is C20H21N2O5S+. The van der Waals surface area contributed by atoms with Gasteiger partial charge in [-0.2, -0.15) is 8.42 Å². The summed E-state index contributed by atoms with van der Waals surface area (Å²) in [7, 11) is -4.01. The number of ether oxygens (including phenoxy) is 1. The van der Waals surface area contributed by atoms with Crippen LogP contribution in [0.4, 0.5) is 5.69 Å². The van der Waals surface area contributed by atoms with Crippen molar-refractivity contribution in [3.05, 3.63) is 72.6 Å². The minimum atomic E-state index is -4.01. The van der Waals surface area contributed by atoms with Crippen LogP contribution in [-0.4, -0.2) is 20.1 Å². The zero-order valence-corrected chi connectivity index (χ0v) is 16.1. The van der Waals surface area contributed by atoms with Crippen LogP contribution >= 0.6 is 0 Å². The molecule has 1 aromatic heterocycles. The predicted octanol–water partition coefficient (Wildman–Crippen LogP) is 2.42. The number of anilines is 1. The summed E-state index contributed by atoms with van der Waals surface area (Å²) in [5, 5.41) is 9.30. The van der Waals surface area contributed by atoms with Gasteiger partial charge in [0.1, 0.15) is 28.8 Å². The molecule has 1 heterocycles. The van der Waals surface area contributed by atoms with E-state index in [4.69, 9.17) is 14.7 Å². The van der Waals surface area contributed by atoms with E-state index in [9.17, 15) is 13.5 Å². The van der Waals surface area contributed by atoms with Gasteiger partial charge in [0.2, 0.25) is 0 Å². The zero-order valence-electron chi connectivity index (χ0n) is 15.3. The van der Waals surface area contributed by atoms with Gasteiger partial charge >= 0.3 is 10.1 Å². The monoisotopic (exact) mass is 401 g/mol. The average molecular weight is 401 g/mol. The van der Waals surface area contributed by atoms with E-state index < -0.39 is 10.1 Å². The lowest BCUT2D eigenvalue weighted by atomic mass is 10.2. The molecule has 0 radical (unpaired) electrons. The normalized spacial score (nSPS) is 11.2. The Balaban J connectivity index is 1.68. The maximum absolute atomic E-state index is 12.4. The van der Waals surface area contributed by atoms with Gasteiger partial charge in [-0.05, 0) is 48.9 Å². The molecule has 0 unspecified atom stereocenters. The first-order chi connectivity index (χ1) is 13.3. The maximum atomic E-state index is 12.4. The van der Waals surface area contributed by atoms with Crippen molar-refractivity contribution >= 4 is 15.8 Å². The van der Waals surface area contributed by atoms with Gasteiger partial charge in [0, 0.05) is 23.9 Å². The van der Waals surface area contributed by atoms with E-state index >= 15 is 0 Å². The lowest BCUT2D eigenvalue weighted by molar-refractivity contribution is -0.697. The highest BCUT2D eigenvalue weighted by molar-refractivity contribution is 7.87. The van der Waals surface area contributed by atoms with Gasteiger partial charge in [0.05, 0.1) is 0 Å². The highest BCUT2D eigenvalue weighted by Gasteiger charge is 2.17. The summed E-state index contributed by atoms with van der Waals surface area (Å²) >= 11 is 0. The number of hydrogen-bond donors (Lipinski definition) is 2. The van der Waals surface area contributed by atoms with Gasteiger partial charge in [-0.25, -0.2) is 4.57 Å². The van der Waals surface area contributed by atoms with Crippen LogP contribution in [0.25, 0.3) is 0 Å². The average Bonchev–Trinajstić information content (AvgIpc) is 2.63. The van der Waals surface area contributed by atoms with Crippen LogP contribution in [-0.2, 0) is 16.7 Å². The molecule has 0 fully saturated rings. The third-order valence-electron chi connectivity index (χ3n) is 3.89. The van der Waals surface area contributed by atoms with Crippen molar-refractivity contribution in [2.75, 3.05) is 12.3 Å². The fourth-order valence-electron chi connectivity index (χ4n) is 2.52. The topological polar surface area (TPSA) is 103 Å². The molecule has 7 nitrogen and oxygen atoms in total. The second-order valence-corrected chi connectivity index (χ2v) is 7.78. The summed E-state index contributed by atoms with van der Waals surface area (Å²) in [6, 6.07) is 13.7. The number of hydrogen-bond acceptors (Lipinski definition) is 6. The number of benzene rings is 2. The van der Waals surface area contributed by atoms with Crippen molar-refractivity contribution in [1.82, 2.24) is 0 Å². The quantitative estimate of drug-likeness (QED) is 0.466. The number of pyridine rings is 1. The third-order valence-corrected chi connectivity index (χ3v) is 5.15. The molecule has 0 saturated carbocycles. The second-order valence-electron chi connectivity index (χ2n) is 6.23. The van der Waals surface area contributed by atoms with Gasteiger partial charge < -0.3 is 19.8 Å². The molecule has 0 atom stereocenters. The largest absolute Gasteiger partial charge is 0.508 e. The Morgan fingerprint density at radius 1 is 1.00 bits per heavy atom. The molecular weight excluding hydrogens is 380 g/mol. The standard InChI is InChI=1S/C20H20N2O5S/c1-15-12-18(26-11-10-22-8-6-16(21)7-9-22)14-19(13-15)27-28(24,25)20-4-2-17(23)3-5-20/h2-9,12-14,21,23H,10-11H2,1H3/p+1. The molecule has 28 heavy (non-hydrogen) atoms. The van der Waals surface area contributed by atoms with Crippen molar-refractivity contribution in [1.29, 1.82) is 0 Å². The van der Waals surface area contributed by atoms with Crippen LogP contribution in [0, 0.1) is 6.92 Å². The van der Waals surface area contributed by atoms with Crippen molar-refractivity contribution in [3.63, 3.8) is 0 Å². The van der Waals surface area contributed by atoms with Crippen molar-refractivity contribution in [3.8, 4) is 17.2 Å². The van der Waals surface area contributed by atoms with Crippen LogP contribution in [0.3, 0.4) is 0 Å². The number of aromatic hydroxyl groups is 1. The molecule has 0 aliphatic heterocycles. The van der Waals surface area contributed by atoms with Crippen molar-refractivity contribution < 1.29 is 27.0 Å². The molecule has 0 saturated heterocycles. The Hall–Kier alpha value is -3.26.